The Morgan fingerprint density at radius 2 is 1.91 bits per heavy atom. The molecule has 0 radical (unpaired) electrons. The topological polar surface area (TPSA) is 12.0 Å². The zero-order valence-electron chi connectivity index (χ0n) is 7.86. The Hall–Kier alpha value is 0.310. The van der Waals surface area contributed by atoms with Crippen LogP contribution in [0.5, 0.6) is 0 Å². The second kappa shape index (κ2) is 10.3. The molecule has 0 aliphatic heterocycles. The first kappa shape index (κ1) is 11.3. The Kier molecular flexibility index (Phi) is 10.6. The van der Waals surface area contributed by atoms with Gasteiger partial charge in [0.05, 0.1) is 0 Å². The maximum atomic E-state index is 3.32. The van der Waals surface area contributed by atoms with E-state index in [1.165, 1.54) is 37.3 Å². The van der Waals surface area contributed by atoms with Crippen molar-refractivity contribution in [3.63, 3.8) is 0 Å². The molecule has 0 bridgehead atoms. The fourth-order valence-electron chi connectivity index (χ4n) is 0.877. The molecule has 0 saturated heterocycles. The van der Waals surface area contributed by atoms with Crippen molar-refractivity contribution in [1.82, 2.24) is 5.32 Å². The van der Waals surface area contributed by atoms with Crippen LogP contribution in [0, 0.1) is 0 Å². The summed E-state index contributed by atoms with van der Waals surface area (Å²) in [5.74, 6) is 2.62. The molecule has 68 valence electrons. The Balaban J connectivity index is 2.69. The molecule has 0 saturated carbocycles. The number of hydrogen-bond acceptors (Lipinski definition) is 2. The van der Waals surface area contributed by atoms with E-state index in [4.69, 9.17) is 0 Å². The first-order valence-electron chi connectivity index (χ1n) is 4.70. The normalized spacial score (nSPS) is 10.4. The molecule has 0 aliphatic carbocycles. The molecule has 0 aromatic rings. The fraction of sp³-hybridized carbons (Fsp3) is 1.00. The van der Waals surface area contributed by atoms with Gasteiger partial charge in [-0.2, -0.15) is 11.8 Å². The first-order chi connectivity index (χ1) is 5.41. The van der Waals surface area contributed by atoms with Gasteiger partial charge in [-0.15, -0.1) is 0 Å². The SMILES string of the molecule is CCCCCSCCNCC. The van der Waals surface area contributed by atoms with E-state index in [0.29, 0.717) is 0 Å². The largest absolute Gasteiger partial charge is 0.316 e. The maximum absolute atomic E-state index is 3.32. The molecule has 2 heteroatoms. The highest BCUT2D eigenvalue weighted by molar-refractivity contribution is 7.99. The molecule has 11 heavy (non-hydrogen) atoms. The van der Waals surface area contributed by atoms with Crippen molar-refractivity contribution in [2.24, 2.45) is 0 Å². The van der Waals surface area contributed by atoms with Crippen molar-refractivity contribution in [2.75, 3.05) is 24.6 Å². The molecular formula is C9H21NS. The maximum Gasteiger partial charge on any atom is 0.00580 e. The van der Waals surface area contributed by atoms with Crippen molar-refractivity contribution < 1.29 is 0 Å². The molecule has 0 aromatic carbocycles. The van der Waals surface area contributed by atoms with Crippen LogP contribution in [-0.2, 0) is 0 Å². The van der Waals surface area contributed by atoms with Crippen LogP contribution in [0.4, 0.5) is 0 Å². The van der Waals surface area contributed by atoms with Crippen molar-refractivity contribution in [1.29, 1.82) is 0 Å². The van der Waals surface area contributed by atoms with Crippen molar-refractivity contribution in [3.05, 3.63) is 0 Å². The molecule has 0 spiro atoms. The summed E-state index contributed by atoms with van der Waals surface area (Å²) < 4.78 is 0. The van der Waals surface area contributed by atoms with E-state index >= 15 is 0 Å². The highest BCUT2D eigenvalue weighted by Crippen LogP contribution is 2.04. The Morgan fingerprint density at radius 3 is 2.55 bits per heavy atom. The lowest BCUT2D eigenvalue weighted by molar-refractivity contribution is 0.762. The van der Waals surface area contributed by atoms with Crippen molar-refractivity contribution in [2.45, 2.75) is 33.1 Å². The molecular weight excluding hydrogens is 154 g/mol. The summed E-state index contributed by atoms with van der Waals surface area (Å²) >= 11 is 2.07. The van der Waals surface area contributed by atoms with Gasteiger partial charge < -0.3 is 5.32 Å². The zero-order valence-corrected chi connectivity index (χ0v) is 8.67. The lowest BCUT2D eigenvalue weighted by Crippen LogP contribution is -2.15. The number of unbranched alkanes of at least 4 members (excludes halogenated alkanes) is 2. The second-order valence-electron chi connectivity index (χ2n) is 2.67. The third-order valence-corrected chi connectivity index (χ3v) is 2.64. The smallest absolute Gasteiger partial charge is 0.00580 e. The fourth-order valence-corrected chi connectivity index (χ4v) is 1.78. The van der Waals surface area contributed by atoms with E-state index in [9.17, 15) is 0 Å². The lowest BCUT2D eigenvalue weighted by Gasteiger charge is -2.00. The van der Waals surface area contributed by atoms with E-state index in [0.717, 1.165) is 6.54 Å². The molecule has 0 heterocycles. The third kappa shape index (κ3) is 10.3. The summed E-state index contributed by atoms with van der Waals surface area (Å²) in [6, 6.07) is 0. The van der Waals surface area contributed by atoms with Crippen LogP contribution >= 0.6 is 11.8 Å². The van der Waals surface area contributed by atoms with Gasteiger partial charge >= 0.3 is 0 Å². The minimum atomic E-state index is 1.11. The monoisotopic (exact) mass is 175 g/mol. The molecule has 0 atom stereocenters. The predicted molar refractivity (Wildman–Crippen MR) is 55.4 cm³/mol. The van der Waals surface area contributed by atoms with E-state index in [1.54, 1.807) is 0 Å². The van der Waals surface area contributed by atoms with Crippen LogP contribution < -0.4 is 5.32 Å². The zero-order chi connectivity index (χ0) is 8.36. The summed E-state index contributed by atoms with van der Waals surface area (Å²) in [5, 5.41) is 3.32. The van der Waals surface area contributed by atoms with E-state index in [2.05, 4.69) is 30.9 Å². The number of thioether (sulfide) groups is 1. The van der Waals surface area contributed by atoms with Crippen LogP contribution in [-0.4, -0.2) is 24.6 Å². The van der Waals surface area contributed by atoms with Gasteiger partial charge in [-0.3, -0.25) is 0 Å². The average molecular weight is 175 g/mol. The first-order valence-corrected chi connectivity index (χ1v) is 5.85. The Labute approximate surface area is 75.3 Å². The molecule has 0 rings (SSSR count). The van der Waals surface area contributed by atoms with Crippen molar-refractivity contribution in [3.8, 4) is 0 Å². The van der Waals surface area contributed by atoms with Gasteiger partial charge in [0.15, 0.2) is 0 Å². The molecule has 1 N–H and O–H groups in total. The minimum Gasteiger partial charge on any atom is -0.316 e. The van der Waals surface area contributed by atoms with E-state index < -0.39 is 0 Å². The van der Waals surface area contributed by atoms with Gasteiger partial charge in [-0.1, -0.05) is 26.7 Å². The van der Waals surface area contributed by atoms with E-state index in [1.807, 2.05) is 0 Å². The highest BCUT2D eigenvalue weighted by Gasteiger charge is 1.88. The standard InChI is InChI=1S/C9H21NS/c1-3-5-6-8-11-9-7-10-4-2/h10H,3-9H2,1-2H3. The van der Waals surface area contributed by atoms with Gasteiger partial charge in [0.25, 0.3) is 0 Å². The molecule has 0 amide bonds. The number of nitrogens with one attached hydrogen (secondary N) is 1. The van der Waals surface area contributed by atoms with Gasteiger partial charge in [0.1, 0.15) is 0 Å². The lowest BCUT2D eigenvalue weighted by atomic mass is 10.3. The summed E-state index contributed by atoms with van der Waals surface area (Å²) in [6.07, 6.45) is 4.13. The molecule has 0 unspecified atom stereocenters. The quantitative estimate of drug-likeness (QED) is 0.569. The third-order valence-electron chi connectivity index (χ3n) is 1.57. The van der Waals surface area contributed by atoms with Crippen LogP contribution in [0.25, 0.3) is 0 Å². The van der Waals surface area contributed by atoms with Gasteiger partial charge in [-0.05, 0) is 18.7 Å². The summed E-state index contributed by atoms with van der Waals surface area (Å²) in [6.45, 7) is 6.69. The molecule has 0 fully saturated rings. The predicted octanol–water partition coefficient (Wildman–Crippen LogP) is 2.52. The summed E-state index contributed by atoms with van der Waals surface area (Å²) in [7, 11) is 0. The van der Waals surface area contributed by atoms with Crippen LogP contribution in [0.1, 0.15) is 33.1 Å². The number of hydrogen-bond donors (Lipinski definition) is 1. The average Bonchev–Trinajstić information content (AvgIpc) is 2.03. The Bertz CT molecular complexity index is 58.6. The molecule has 0 aliphatic rings. The highest BCUT2D eigenvalue weighted by atomic mass is 32.2. The number of rotatable bonds is 8. The van der Waals surface area contributed by atoms with E-state index in [-0.39, 0.29) is 0 Å². The van der Waals surface area contributed by atoms with Crippen LogP contribution in [0.2, 0.25) is 0 Å². The van der Waals surface area contributed by atoms with Crippen LogP contribution in [0.3, 0.4) is 0 Å². The Morgan fingerprint density at radius 1 is 1.09 bits per heavy atom. The summed E-state index contributed by atoms with van der Waals surface area (Å²) in [5.41, 5.74) is 0. The summed E-state index contributed by atoms with van der Waals surface area (Å²) in [4.78, 5) is 0. The van der Waals surface area contributed by atoms with Gasteiger partial charge in [-0.25, -0.2) is 0 Å². The second-order valence-corrected chi connectivity index (χ2v) is 3.90. The minimum absolute atomic E-state index is 1.11. The van der Waals surface area contributed by atoms with Crippen LogP contribution in [0.15, 0.2) is 0 Å². The van der Waals surface area contributed by atoms with Gasteiger partial charge in [0.2, 0.25) is 0 Å². The van der Waals surface area contributed by atoms with Gasteiger partial charge in [0, 0.05) is 12.3 Å². The molecule has 1 nitrogen and oxygen atoms in total. The van der Waals surface area contributed by atoms with Crippen molar-refractivity contribution >= 4 is 11.8 Å². The molecule has 0 aromatic heterocycles.